The number of hydrogen-bond acceptors (Lipinski definition) is 4. The first kappa shape index (κ1) is 16.6. The maximum absolute atomic E-state index is 11.8. The van der Waals surface area contributed by atoms with Crippen molar-refractivity contribution in [1.29, 1.82) is 0 Å². The first-order valence-electron chi connectivity index (χ1n) is 7.59. The second kappa shape index (κ2) is 7.36. The zero-order chi connectivity index (χ0) is 15.2. The molecule has 0 atom stereocenters. The molecule has 1 aromatic heterocycles. The molecular weight excluding hydrogens is 256 g/mol. The van der Waals surface area contributed by atoms with Gasteiger partial charge >= 0.3 is 5.97 Å². The molecule has 0 amide bonds. The summed E-state index contributed by atoms with van der Waals surface area (Å²) in [5, 5.41) is 21.5. The Morgan fingerprint density at radius 2 is 1.75 bits per heavy atom. The first-order chi connectivity index (χ1) is 9.57. The molecule has 0 aliphatic heterocycles. The lowest BCUT2D eigenvalue weighted by Gasteiger charge is -2.29. The Balaban J connectivity index is 3.25. The molecule has 0 aromatic carbocycles. The summed E-state index contributed by atoms with van der Waals surface area (Å²) in [6, 6.07) is 0. The summed E-state index contributed by atoms with van der Waals surface area (Å²) in [5.74, 6) is 0.0967. The summed E-state index contributed by atoms with van der Waals surface area (Å²) < 4.78 is 1.56. The van der Waals surface area contributed by atoms with Crippen LogP contribution < -0.4 is 0 Å². The van der Waals surface area contributed by atoms with Crippen molar-refractivity contribution in [2.24, 2.45) is 0 Å². The van der Waals surface area contributed by atoms with E-state index in [0.717, 1.165) is 31.5 Å². The van der Waals surface area contributed by atoms with E-state index in [4.69, 9.17) is 0 Å². The third kappa shape index (κ3) is 2.99. The van der Waals surface area contributed by atoms with Crippen molar-refractivity contribution in [2.75, 3.05) is 0 Å². The number of hydrogen-bond donors (Lipinski definition) is 1. The van der Waals surface area contributed by atoms with E-state index >= 15 is 0 Å². The van der Waals surface area contributed by atoms with E-state index in [1.54, 1.807) is 4.68 Å². The van der Waals surface area contributed by atoms with Gasteiger partial charge in [-0.3, -0.25) is 0 Å². The second-order valence-electron chi connectivity index (χ2n) is 5.27. The molecule has 0 unspecified atom stereocenters. The fourth-order valence-electron chi connectivity index (χ4n) is 2.80. The lowest BCUT2D eigenvalue weighted by atomic mass is 9.91. The van der Waals surface area contributed by atoms with E-state index in [2.05, 4.69) is 29.4 Å². The van der Waals surface area contributed by atoms with Crippen LogP contribution in [0.1, 0.15) is 78.0 Å². The molecule has 6 nitrogen and oxygen atoms in total. The van der Waals surface area contributed by atoms with Gasteiger partial charge in [0.15, 0.2) is 11.4 Å². The third-order valence-corrected chi connectivity index (χ3v) is 4.11. The van der Waals surface area contributed by atoms with Crippen molar-refractivity contribution in [2.45, 2.75) is 77.7 Å². The minimum absolute atomic E-state index is 0.233. The molecule has 0 spiro atoms. The van der Waals surface area contributed by atoms with Crippen LogP contribution in [0.4, 0.5) is 0 Å². The van der Waals surface area contributed by atoms with Crippen LogP contribution in [-0.4, -0.2) is 31.3 Å². The number of carboxylic acids is 1. The lowest BCUT2D eigenvalue weighted by Crippen LogP contribution is -2.43. The summed E-state index contributed by atoms with van der Waals surface area (Å²) in [4.78, 5) is 11.8. The van der Waals surface area contributed by atoms with E-state index in [0.29, 0.717) is 12.8 Å². The van der Waals surface area contributed by atoms with Crippen LogP contribution >= 0.6 is 0 Å². The maximum atomic E-state index is 11.8. The normalized spacial score (nSPS) is 12.1. The van der Waals surface area contributed by atoms with Crippen LogP contribution in [0.3, 0.4) is 0 Å². The Kier molecular flexibility index (Phi) is 6.10. The van der Waals surface area contributed by atoms with Crippen molar-refractivity contribution in [3.8, 4) is 0 Å². The van der Waals surface area contributed by atoms with Crippen molar-refractivity contribution < 1.29 is 9.90 Å². The van der Waals surface area contributed by atoms with Crippen LogP contribution in [0.5, 0.6) is 0 Å². The van der Waals surface area contributed by atoms with Gasteiger partial charge in [-0.1, -0.05) is 40.5 Å². The lowest BCUT2D eigenvalue weighted by molar-refractivity contribution is -0.149. The SMILES string of the molecule is CCCC(CCC)c1nnnn1C(CC)(CC)C(=O)O. The van der Waals surface area contributed by atoms with Crippen molar-refractivity contribution in [3.63, 3.8) is 0 Å². The molecule has 0 bridgehead atoms. The number of carbonyl (C=O) groups is 1. The summed E-state index contributed by atoms with van der Waals surface area (Å²) in [6.45, 7) is 8.00. The quantitative estimate of drug-likeness (QED) is 0.753. The molecule has 1 heterocycles. The Labute approximate surface area is 120 Å². The molecule has 1 aromatic rings. The highest BCUT2D eigenvalue weighted by Crippen LogP contribution is 2.31. The third-order valence-electron chi connectivity index (χ3n) is 4.11. The summed E-state index contributed by atoms with van der Waals surface area (Å²) in [7, 11) is 0. The van der Waals surface area contributed by atoms with Crippen LogP contribution in [0.2, 0.25) is 0 Å². The van der Waals surface area contributed by atoms with Gasteiger partial charge < -0.3 is 5.11 Å². The number of nitrogens with zero attached hydrogens (tertiary/aromatic N) is 4. The van der Waals surface area contributed by atoms with Gasteiger partial charge in [-0.25, -0.2) is 9.48 Å². The Bertz CT molecular complexity index is 421. The van der Waals surface area contributed by atoms with Crippen molar-refractivity contribution in [3.05, 3.63) is 5.82 Å². The van der Waals surface area contributed by atoms with Crippen LogP contribution in [0.25, 0.3) is 0 Å². The molecule has 114 valence electrons. The number of carboxylic acid groups (broad SMARTS) is 1. The minimum atomic E-state index is -1.03. The van der Waals surface area contributed by atoms with Gasteiger partial charge in [0.05, 0.1) is 0 Å². The van der Waals surface area contributed by atoms with Crippen LogP contribution in [-0.2, 0) is 10.3 Å². The van der Waals surface area contributed by atoms with Gasteiger partial charge in [0.25, 0.3) is 0 Å². The zero-order valence-corrected chi connectivity index (χ0v) is 13.0. The van der Waals surface area contributed by atoms with Gasteiger partial charge in [0, 0.05) is 5.92 Å². The molecular formula is C14H26N4O2. The van der Waals surface area contributed by atoms with Gasteiger partial charge in [0.2, 0.25) is 0 Å². The predicted molar refractivity (Wildman–Crippen MR) is 76.6 cm³/mol. The molecule has 0 saturated carbocycles. The molecule has 0 fully saturated rings. The number of aliphatic carboxylic acids is 1. The van der Waals surface area contributed by atoms with E-state index in [-0.39, 0.29) is 5.92 Å². The molecule has 20 heavy (non-hydrogen) atoms. The number of tetrazole rings is 1. The fourth-order valence-corrected chi connectivity index (χ4v) is 2.80. The molecule has 0 aliphatic carbocycles. The van der Waals surface area contributed by atoms with Crippen LogP contribution in [0, 0.1) is 0 Å². The monoisotopic (exact) mass is 282 g/mol. The fraction of sp³-hybridized carbons (Fsp3) is 0.857. The molecule has 1 N–H and O–H groups in total. The molecule has 0 saturated heterocycles. The average Bonchev–Trinajstić information content (AvgIpc) is 2.90. The minimum Gasteiger partial charge on any atom is -0.479 e. The van der Waals surface area contributed by atoms with E-state index in [9.17, 15) is 9.90 Å². The summed E-state index contributed by atoms with van der Waals surface area (Å²) in [6.07, 6.45) is 4.99. The Hall–Kier alpha value is -1.46. The largest absolute Gasteiger partial charge is 0.479 e. The average molecular weight is 282 g/mol. The zero-order valence-electron chi connectivity index (χ0n) is 13.0. The molecule has 6 heteroatoms. The van der Waals surface area contributed by atoms with Gasteiger partial charge in [0.1, 0.15) is 0 Å². The van der Waals surface area contributed by atoms with Crippen molar-refractivity contribution >= 4 is 5.97 Å². The number of aromatic nitrogens is 4. The smallest absolute Gasteiger partial charge is 0.331 e. The van der Waals surface area contributed by atoms with E-state index < -0.39 is 11.5 Å². The predicted octanol–water partition coefficient (Wildman–Crippen LogP) is 2.96. The molecule has 1 rings (SSSR count). The van der Waals surface area contributed by atoms with Crippen molar-refractivity contribution in [1.82, 2.24) is 20.2 Å². The topological polar surface area (TPSA) is 80.9 Å². The number of rotatable bonds is 9. The Morgan fingerprint density at radius 1 is 1.20 bits per heavy atom. The Morgan fingerprint density at radius 3 is 2.15 bits per heavy atom. The van der Waals surface area contributed by atoms with E-state index in [1.165, 1.54) is 0 Å². The van der Waals surface area contributed by atoms with Gasteiger partial charge in [-0.15, -0.1) is 5.10 Å². The van der Waals surface area contributed by atoms with E-state index in [1.807, 2.05) is 13.8 Å². The van der Waals surface area contributed by atoms with Gasteiger partial charge in [-0.05, 0) is 36.1 Å². The van der Waals surface area contributed by atoms with Gasteiger partial charge in [-0.2, -0.15) is 0 Å². The second-order valence-corrected chi connectivity index (χ2v) is 5.27. The summed E-state index contributed by atoms with van der Waals surface area (Å²) in [5.41, 5.74) is -1.03. The highest BCUT2D eigenvalue weighted by Gasteiger charge is 2.41. The molecule has 0 radical (unpaired) electrons. The molecule has 0 aliphatic rings. The van der Waals surface area contributed by atoms with Crippen LogP contribution in [0.15, 0.2) is 0 Å². The first-order valence-corrected chi connectivity index (χ1v) is 7.59. The highest BCUT2D eigenvalue weighted by molar-refractivity contribution is 5.76. The standard InChI is InChI=1S/C14H26N4O2/c1-5-9-11(10-6-2)12-15-16-17-18(12)14(7-3,8-4)13(19)20/h11H,5-10H2,1-4H3,(H,19,20). The maximum Gasteiger partial charge on any atom is 0.331 e. The highest BCUT2D eigenvalue weighted by atomic mass is 16.4. The summed E-state index contributed by atoms with van der Waals surface area (Å²) >= 11 is 0.